The van der Waals surface area contributed by atoms with E-state index in [4.69, 9.17) is 0 Å². The van der Waals surface area contributed by atoms with Crippen LogP contribution in [0.3, 0.4) is 0 Å². The summed E-state index contributed by atoms with van der Waals surface area (Å²) in [6, 6.07) is 0. The first-order valence-electron chi connectivity index (χ1n) is 4.37. The fourth-order valence-corrected chi connectivity index (χ4v) is 2.28. The van der Waals surface area contributed by atoms with Crippen LogP contribution < -0.4 is 0 Å². The van der Waals surface area contributed by atoms with Gasteiger partial charge < -0.3 is 0 Å². The molecule has 0 aliphatic heterocycles. The highest BCUT2D eigenvalue weighted by atomic mass is 19.4. The lowest BCUT2D eigenvalue weighted by Gasteiger charge is -2.09. The van der Waals surface area contributed by atoms with Crippen molar-refractivity contribution in [1.29, 1.82) is 0 Å². The lowest BCUT2D eigenvalue weighted by molar-refractivity contribution is -0.141. The highest BCUT2D eigenvalue weighted by molar-refractivity contribution is 5.45. The summed E-state index contributed by atoms with van der Waals surface area (Å²) < 4.78 is 63.8. The predicted octanol–water partition coefficient (Wildman–Crippen LogP) is 2.64. The molecule has 2 atom stereocenters. The molecular weight excluding hydrogens is 219 g/mol. The molecule has 2 nitrogen and oxygen atoms in total. The summed E-state index contributed by atoms with van der Waals surface area (Å²) in [5.74, 6) is -4.79. The van der Waals surface area contributed by atoms with Crippen molar-refractivity contribution in [3.63, 3.8) is 0 Å². The first kappa shape index (κ1) is 9.11. The molecule has 7 heteroatoms. The molecule has 1 aromatic heterocycles. The third-order valence-electron chi connectivity index (χ3n) is 3.03. The molecule has 0 saturated heterocycles. The van der Waals surface area contributed by atoms with Crippen LogP contribution in [-0.4, -0.2) is 10.2 Å². The molecule has 82 valence electrons. The van der Waals surface area contributed by atoms with Crippen molar-refractivity contribution in [3.05, 3.63) is 17.0 Å². The van der Waals surface area contributed by atoms with Crippen LogP contribution in [0.1, 0.15) is 29.3 Å². The molecule has 1 fully saturated rings. The van der Waals surface area contributed by atoms with Crippen molar-refractivity contribution >= 4 is 0 Å². The van der Waals surface area contributed by atoms with Crippen LogP contribution in [0.4, 0.5) is 22.0 Å². The van der Waals surface area contributed by atoms with Gasteiger partial charge in [-0.1, -0.05) is 0 Å². The van der Waals surface area contributed by atoms with Crippen LogP contribution in [0.15, 0.2) is 0 Å². The van der Waals surface area contributed by atoms with Crippen LogP contribution in [0.5, 0.6) is 0 Å². The number of hydrogen-bond acceptors (Lipinski definition) is 1. The number of aromatic nitrogens is 2. The lowest BCUT2D eigenvalue weighted by atomic mass is 10.1. The van der Waals surface area contributed by atoms with E-state index in [1.54, 1.807) is 0 Å². The van der Waals surface area contributed by atoms with Gasteiger partial charge in [-0.25, -0.2) is 0 Å². The van der Waals surface area contributed by atoms with E-state index in [0.29, 0.717) is 0 Å². The Bertz CT molecular complexity index is 433. The summed E-state index contributed by atoms with van der Waals surface area (Å²) in [7, 11) is 0. The maximum atomic E-state index is 13.3. The van der Waals surface area contributed by atoms with Crippen molar-refractivity contribution in [2.24, 2.45) is 5.92 Å². The largest absolute Gasteiger partial charge is 0.435 e. The molecule has 0 aromatic carbocycles. The summed E-state index contributed by atoms with van der Waals surface area (Å²) >= 11 is 0. The maximum absolute atomic E-state index is 13.3. The monoisotopic (exact) mass is 224 g/mol. The number of rotatable bonds is 0. The normalized spacial score (nSPS) is 31.3. The van der Waals surface area contributed by atoms with Crippen LogP contribution in [0.25, 0.3) is 0 Å². The molecule has 2 aliphatic carbocycles. The van der Waals surface area contributed by atoms with Crippen molar-refractivity contribution in [1.82, 2.24) is 10.2 Å². The number of fused-ring (bicyclic) bond motifs is 3. The number of nitrogens with one attached hydrogen (secondary N) is 1. The molecule has 0 spiro atoms. The van der Waals surface area contributed by atoms with Crippen molar-refractivity contribution in [2.75, 3.05) is 0 Å². The number of alkyl halides is 5. The van der Waals surface area contributed by atoms with Gasteiger partial charge in [0.1, 0.15) is 5.69 Å². The molecule has 0 radical (unpaired) electrons. The van der Waals surface area contributed by atoms with Gasteiger partial charge in [0.05, 0.1) is 0 Å². The van der Waals surface area contributed by atoms with E-state index in [1.807, 2.05) is 5.10 Å². The molecule has 2 aliphatic rings. The Morgan fingerprint density at radius 3 is 2.60 bits per heavy atom. The second-order valence-corrected chi connectivity index (χ2v) is 3.93. The fourth-order valence-electron chi connectivity index (χ4n) is 2.28. The molecule has 15 heavy (non-hydrogen) atoms. The minimum atomic E-state index is -4.66. The van der Waals surface area contributed by atoms with E-state index in [2.05, 4.69) is 5.10 Å². The summed E-state index contributed by atoms with van der Waals surface area (Å²) in [5.41, 5.74) is -2.14. The zero-order chi connectivity index (χ0) is 11.0. The number of nitrogens with zero attached hydrogens (tertiary/aromatic N) is 1. The second kappa shape index (κ2) is 2.17. The molecular formula is C8H5F5N2. The van der Waals surface area contributed by atoms with E-state index in [-0.39, 0.29) is 12.0 Å². The van der Waals surface area contributed by atoms with Gasteiger partial charge in [-0.3, -0.25) is 5.10 Å². The Balaban J connectivity index is 2.18. The standard InChI is InChI=1S/C8H5F5N2/c9-7(10)3-1-2(3)4-5(7)14-15-6(4)8(11,12)13/h2-3H,1H2,(H,14,15). The average molecular weight is 224 g/mol. The average Bonchev–Trinajstić information content (AvgIpc) is 2.68. The third kappa shape index (κ3) is 0.955. The van der Waals surface area contributed by atoms with Crippen LogP contribution >= 0.6 is 0 Å². The van der Waals surface area contributed by atoms with Crippen LogP contribution in [0.2, 0.25) is 0 Å². The molecule has 2 unspecified atom stereocenters. The third-order valence-corrected chi connectivity index (χ3v) is 3.03. The number of aromatic amines is 1. The molecule has 0 amide bonds. The molecule has 1 heterocycles. The first-order chi connectivity index (χ1) is 6.83. The van der Waals surface area contributed by atoms with Crippen molar-refractivity contribution < 1.29 is 22.0 Å². The highest BCUT2D eigenvalue weighted by Gasteiger charge is 2.67. The van der Waals surface area contributed by atoms with Gasteiger partial charge >= 0.3 is 6.18 Å². The Kier molecular flexibility index (Phi) is 1.32. The van der Waals surface area contributed by atoms with E-state index < -0.39 is 35.3 Å². The van der Waals surface area contributed by atoms with Gasteiger partial charge in [0.15, 0.2) is 5.69 Å². The Morgan fingerprint density at radius 2 is 2.00 bits per heavy atom. The minimum absolute atomic E-state index is 0.128. The molecule has 1 aromatic rings. The van der Waals surface area contributed by atoms with Gasteiger partial charge in [-0.05, 0) is 12.3 Å². The number of halogens is 5. The number of H-pyrrole nitrogens is 1. The molecule has 1 N–H and O–H groups in total. The SMILES string of the molecule is FC(F)(F)c1n[nH]c2c1C1CC1C2(F)F. The highest BCUT2D eigenvalue weighted by Crippen LogP contribution is 2.67. The minimum Gasteiger partial charge on any atom is -0.276 e. The summed E-state index contributed by atoms with van der Waals surface area (Å²) in [4.78, 5) is 0. The lowest BCUT2D eigenvalue weighted by Crippen LogP contribution is -2.14. The first-order valence-corrected chi connectivity index (χ1v) is 4.37. The van der Waals surface area contributed by atoms with E-state index in [1.165, 1.54) is 0 Å². The van der Waals surface area contributed by atoms with Crippen LogP contribution in [-0.2, 0) is 12.1 Å². The Hall–Kier alpha value is -1.14. The van der Waals surface area contributed by atoms with Gasteiger partial charge in [0.25, 0.3) is 5.92 Å². The van der Waals surface area contributed by atoms with E-state index >= 15 is 0 Å². The fraction of sp³-hybridized carbons (Fsp3) is 0.625. The topological polar surface area (TPSA) is 28.7 Å². The zero-order valence-corrected chi connectivity index (χ0v) is 7.20. The Morgan fingerprint density at radius 1 is 1.33 bits per heavy atom. The molecule has 0 bridgehead atoms. The molecule has 1 saturated carbocycles. The van der Waals surface area contributed by atoms with Crippen LogP contribution in [0, 0.1) is 5.92 Å². The van der Waals surface area contributed by atoms with E-state index in [0.717, 1.165) is 0 Å². The summed E-state index contributed by atoms with van der Waals surface area (Å²) in [5, 5.41) is 4.78. The van der Waals surface area contributed by atoms with Gasteiger partial charge in [0.2, 0.25) is 0 Å². The summed E-state index contributed by atoms with van der Waals surface area (Å²) in [6.45, 7) is 0. The van der Waals surface area contributed by atoms with E-state index in [9.17, 15) is 22.0 Å². The Labute approximate surface area is 80.5 Å². The smallest absolute Gasteiger partial charge is 0.276 e. The predicted molar refractivity (Wildman–Crippen MR) is 38.3 cm³/mol. The van der Waals surface area contributed by atoms with Gasteiger partial charge in [-0.15, -0.1) is 0 Å². The van der Waals surface area contributed by atoms with Crippen molar-refractivity contribution in [2.45, 2.75) is 24.4 Å². The maximum Gasteiger partial charge on any atom is 0.435 e. The summed E-state index contributed by atoms with van der Waals surface area (Å²) in [6.07, 6.45) is -4.53. The molecule has 3 rings (SSSR count). The number of hydrogen-bond donors (Lipinski definition) is 1. The quantitative estimate of drug-likeness (QED) is 0.674. The second-order valence-electron chi connectivity index (χ2n) is 3.93. The zero-order valence-electron chi connectivity index (χ0n) is 7.20. The van der Waals surface area contributed by atoms with Gasteiger partial charge in [0, 0.05) is 11.5 Å². The van der Waals surface area contributed by atoms with Gasteiger partial charge in [-0.2, -0.15) is 27.1 Å². The van der Waals surface area contributed by atoms with Crippen molar-refractivity contribution in [3.8, 4) is 0 Å².